The molecule has 118 valence electrons. The maximum Gasteiger partial charge on any atom is 0.254 e. The fraction of sp³-hybridized carbons (Fsp3) is 0.188. The van der Waals surface area contributed by atoms with E-state index in [-0.39, 0.29) is 6.42 Å². The summed E-state index contributed by atoms with van der Waals surface area (Å²) in [7, 11) is 0. The fourth-order valence-corrected chi connectivity index (χ4v) is 2.62. The Kier molecular flexibility index (Phi) is 5.43. The van der Waals surface area contributed by atoms with Crippen LogP contribution < -0.4 is 5.43 Å². The van der Waals surface area contributed by atoms with E-state index in [1.807, 2.05) is 36.6 Å². The molecule has 1 N–H and O–H groups in total. The molecular formula is C16H14Cl2N4O. The molecule has 0 saturated carbocycles. The van der Waals surface area contributed by atoms with Crippen molar-refractivity contribution in [1.82, 2.24) is 9.99 Å². The maximum absolute atomic E-state index is 11.2. The van der Waals surface area contributed by atoms with Crippen molar-refractivity contribution in [3.05, 3.63) is 51.3 Å². The highest BCUT2D eigenvalue weighted by molar-refractivity contribution is 6.43. The third-order valence-electron chi connectivity index (χ3n) is 3.27. The van der Waals surface area contributed by atoms with E-state index in [2.05, 4.69) is 10.5 Å². The van der Waals surface area contributed by atoms with Crippen LogP contribution in [0.5, 0.6) is 0 Å². The number of benzene rings is 1. The van der Waals surface area contributed by atoms with Gasteiger partial charge in [-0.05, 0) is 32.0 Å². The minimum atomic E-state index is -0.449. The Labute approximate surface area is 144 Å². The molecule has 1 heterocycles. The second-order valence-corrected chi connectivity index (χ2v) is 5.65. The molecule has 0 aliphatic carbocycles. The lowest BCUT2D eigenvalue weighted by Crippen LogP contribution is -2.16. The molecule has 0 spiro atoms. The number of hydrogen-bond acceptors (Lipinski definition) is 3. The Bertz CT molecular complexity index is 818. The first kappa shape index (κ1) is 17.1. The summed E-state index contributed by atoms with van der Waals surface area (Å²) in [4.78, 5) is 11.2. The normalized spacial score (nSPS) is 10.7. The van der Waals surface area contributed by atoms with E-state index in [1.54, 1.807) is 12.1 Å². The highest BCUT2D eigenvalue weighted by Gasteiger charge is 2.13. The number of rotatable bonds is 4. The number of carbonyl (C=O) groups excluding carboxylic acids is 1. The number of carbonyl (C=O) groups is 1. The van der Waals surface area contributed by atoms with E-state index in [9.17, 15) is 4.79 Å². The summed E-state index contributed by atoms with van der Waals surface area (Å²) in [6.07, 6.45) is 1.31. The van der Waals surface area contributed by atoms with Crippen LogP contribution in [0.15, 0.2) is 29.4 Å². The zero-order chi connectivity index (χ0) is 17.0. The topological polar surface area (TPSA) is 70.2 Å². The van der Waals surface area contributed by atoms with Gasteiger partial charge in [0.2, 0.25) is 0 Å². The molecule has 0 aliphatic heterocycles. The molecule has 0 fully saturated rings. The molecule has 23 heavy (non-hydrogen) atoms. The predicted octanol–water partition coefficient (Wildman–Crippen LogP) is 3.76. The van der Waals surface area contributed by atoms with E-state index < -0.39 is 5.91 Å². The van der Waals surface area contributed by atoms with Crippen molar-refractivity contribution in [1.29, 1.82) is 5.26 Å². The highest BCUT2D eigenvalue weighted by Crippen LogP contribution is 2.31. The van der Waals surface area contributed by atoms with Gasteiger partial charge in [-0.2, -0.15) is 10.4 Å². The van der Waals surface area contributed by atoms with Crippen LogP contribution in [0, 0.1) is 25.2 Å². The summed E-state index contributed by atoms with van der Waals surface area (Å²) in [6.45, 7) is 3.86. The Balaban J connectivity index is 2.34. The van der Waals surface area contributed by atoms with Gasteiger partial charge >= 0.3 is 0 Å². The van der Waals surface area contributed by atoms with Crippen LogP contribution in [0.4, 0.5) is 0 Å². The van der Waals surface area contributed by atoms with Crippen LogP contribution >= 0.6 is 23.2 Å². The Morgan fingerprint density at radius 3 is 2.87 bits per heavy atom. The summed E-state index contributed by atoms with van der Waals surface area (Å²) < 4.78 is 1.96. The molecule has 7 heteroatoms. The van der Waals surface area contributed by atoms with Gasteiger partial charge in [-0.15, -0.1) is 0 Å². The highest BCUT2D eigenvalue weighted by atomic mass is 35.5. The monoisotopic (exact) mass is 348 g/mol. The standard InChI is InChI=1S/C16H14Cl2N4O/c1-10-8-12(9-20-21-15(23)6-7-19)11(2)22(10)14-5-3-4-13(17)16(14)18/h3-5,8-9H,6H2,1-2H3,(H,21,23)/b20-9+. The van der Waals surface area contributed by atoms with Crippen LogP contribution in [0.25, 0.3) is 5.69 Å². The van der Waals surface area contributed by atoms with Gasteiger partial charge in [-0.3, -0.25) is 4.79 Å². The average Bonchev–Trinajstić information content (AvgIpc) is 2.77. The number of nitriles is 1. The minimum absolute atomic E-state index is 0.228. The third kappa shape index (κ3) is 3.73. The summed E-state index contributed by atoms with van der Waals surface area (Å²) in [5.41, 5.74) is 5.77. The zero-order valence-corrected chi connectivity index (χ0v) is 14.1. The molecule has 0 unspecified atom stereocenters. The first-order chi connectivity index (χ1) is 11.0. The first-order valence-electron chi connectivity index (χ1n) is 6.78. The smallest absolute Gasteiger partial charge is 0.254 e. The van der Waals surface area contributed by atoms with Gasteiger partial charge in [0.1, 0.15) is 6.42 Å². The van der Waals surface area contributed by atoms with E-state index in [0.29, 0.717) is 10.0 Å². The van der Waals surface area contributed by atoms with Crippen LogP contribution in [-0.2, 0) is 4.79 Å². The summed E-state index contributed by atoms with van der Waals surface area (Å²) in [6, 6.07) is 9.12. The van der Waals surface area contributed by atoms with E-state index in [4.69, 9.17) is 28.5 Å². The summed E-state index contributed by atoms with van der Waals surface area (Å²) in [5.74, 6) is -0.449. The number of halogens is 2. The molecule has 5 nitrogen and oxygen atoms in total. The molecule has 0 bridgehead atoms. The lowest BCUT2D eigenvalue weighted by Gasteiger charge is -2.12. The largest absolute Gasteiger partial charge is 0.316 e. The molecule has 2 aromatic rings. The van der Waals surface area contributed by atoms with Gasteiger partial charge in [0.25, 0.3) is 5.91 Å². The molecule has 1 aromatic carbocycles. The predicted molar refractivity (Wildman–Crippen MR) is 91.2 cm³/mol. The lowest BCUT2D eigenvalue weighted by atomic mass is 10.2. The van der Waals surface area contributed by atoms with Gasteiger partial charge < -0.3 is 4.57 Å². The van der Waals surface area contributed by atoms with Crippen molar-refractivity contribution in [3.63, 3.8) is 0 Å². The third-order valence-corrected chi connectivity index (χ3v) is 4.08. The number of aromatic nitrogens is 1. The van der Waals surface area contributed by atoms with Crippen molar-refractivity contribution in [2.24, 2.45) is 5.10 Å². The molecule has 0 atom stereocenters. The number of hydrazone groups is 1. The molecule has 0 aliphatic rings. The quantitative estimate of drug-likeness (QED) is 0.674. The van der Waals surface area contributed by atoms with Crippen LogP contribution in [-0.4, -0.2) is 16.7 Å². The van der Waals surface area contributed by atoms with Crippen molar-refractivity contribution < 1.29 is 4.79 Å². The van der Waals surface area contributed by atoms with Gasteiger partial charge in [0, 0.05) is 17.0 Å². The number of nitrogens with zero attached hydrogens (tertiary/aromatic N) is 3. The van der Waals surface area contributed by atoms with Gasteiger partial charge in [-0.1, -0.05) is 29.3 Å². The first-order valence-corrected chi connectivity index (χ1v) is 7.53. The van der Waals surface area contributed by atoms with Crippen LogP contribution in [0.3, 0.4) is 0 Å². The van der Waals surface area contributed by atoms with E-state index in [1.165, 1.54) is 6.21 Å². The summed E-state index contributed by atoms with van der Waals surface area (Å²) in [5, 5.41) is 13.2. The van der Waals surface area contributed by atoms with Crippen LogP contribution in [0.1, 0.15) is 23.4 Å². The Hall–Kier alpha value is -2.29. The molecule has 0 saturated heterocycles. The van der Waals surface area contributed by atoms with Gasteiger partial charge in [0.05, 0.1) is 28.0 Å². The lowest BCUT2D eigenvalue weighted by molar-refractivity contribution is -0.120. The zero-order valence-electron chi connectivity index (χ0n) is 12.6. The number of nitrogens with one attached hydrogen (secondary N) is 1. The number of amides is 1. The van der Waals surface area contributed by atoms with Gasteiger partial charge in [0.15, 0.2) is 0 Å². The summed E-state index contributed by atoms with van der Waals surface area (Å²) >= 11 is 12.4. The fourth-order valence-electron chi connectivity index (χ4n) is 2.24. The second-order valence-electron chi connectivity index (χ2n) is 4.86. The molecule has 2 rings (SSSR count). The van der Waals surface area contributed by atoms with E-state index >= 15 is 0 Å². The van der Waals surface area contributed by atoms with Crippen LogP contribution in [0.2, 0.25) is 10.0 Å². The number of hydrogen-bond donors (Lipinski definition) is 1. The Morgan fingerprint density at radius 2 is 2.17 bits per heavy atom. The van der Waals surface area contributed by atoms with Crippen molar-refractivity contribution in [2.75, 3.05) is 0 Å². The molecular weight excluding hydrogens is 335 g/mol. The van der Waals surface area contributed by atoms with Crippen molar-refractivity contribution >= 4 is 35.3 Å². The SMILES string of the molecule is Cc1cc(/C=N/NC(=O)CC#N)c(C)n1-c1cccc(Cl)c1Cl. The van der Waals surface area contributed by atoms with E-state index in [0.717, 1.165) is 22.6 Å². The van der Waals surface area contributed by atoms with Gasteiger partial charge in [-0.25, -0.2) is 5.43 Å². The number of aryl methyl sites for hydroxylation is 1. The van der Waals surface area contributed by atoms with Crippen molar-refractivity contribution in [2.45, 2.75) is 20.3 Å². The second kappa shape index (κ2) is 7.32. The minimum Gasteiger partial charge on any atom is -0.316 e. The molecule has 0 radical (unpaired) electrons. The van der Waals surface area contributed by atoms with Crippen molar-refractivity contribution in [3.8, 4) is 11.8 Å². The average molecular weight is 349 g/mol. The Morgan fingerprint density at radius 1 is 1.43 bits per heavy atom. The molecule has 1 amide bonds. The maximum atomic E-state index is 11.2. The molecule has 1 aromatic heterocycles.